The van der Waals surface area contributed by atoms with Gasteiger partial charge in [0.2, 0.25) is 5.82 Å². The van der Waals surface area contributed by atoms with Crippen molar-refractivity contribution in [3.63, 3.8) is 0 Å². The minimum atomic E-state index is -1.16. The predicted molar refractivity (Wildman–Crippen MR) is 178 cm³/mol. The number of nitrogens with one attached hydrogen (secondary N) is 1. The summed E-state index contributed by atoms with van der Waals surface area (Å²) in [6.45, 7) is 2.66. The van der Waals surface area contributed by atoms with Crippen LogP contribution >= 0.6 is 0 Å². The highest BCUT2D eigenvalue weighted by Crippen LogP contribution is 2.33. The average molecular weight is 664 g/mol. The summed E-state index contributed by atoms with van der Waals surface area (Å²) in [6.07, 6.45) is 2.25. The maximum atomic E-state index is 14.4. The second-order valence-corrected chi connectivity index (χ2v) is 11.5. The molecule has 6 aromatic rings. The van der Waals surface area contributed by atoms with Crippen LogP contribution in [-0.4, -0.2) is 63.5 Å². The molecule has 0 unspecified atom stereocenters. The third-order valence-corrected chi connectivity index (χ3v) is 8.41. The maximum absolute atomic E-state index is 14.4. The summed E-state index contributed by atoms with van der Waals surface area (Å²) >= 11 is 0. The summed E-state index contributed by atoms with van der Waals surface area (Å²) in [4.78, 5) is 20.7. The van der Waals surface area contributed by atoms with Gasteiger partial charge in [0.05, 0.1) is 37.3 Å². The monoisotopic (exact) mass is 663 g/mol. The van der Waals surface area contributed by atoms with Crippen molar-refractivity contribution in [3.8, 4) is 34.3 Å². The Morgan fingerprint density at radius 3 is 2.47 bits per heavy atom. The molecule has 0 fully saturated rings. The Hall–Kier alpha value is -5.95. The minimum Gasteiger partial charge on any atom is -0.493 e. The van der Waals surface area contributed by atoms with E-state index < -0.39 is 17.7 Å². The quantitative estimate of drug-likeness (QED) is 0.188. The van der Waals surface area contributed by atoms with E-state index in [-0.39, 0.29) is 22.8 Å². The van der Waals surface area contributed by atoms with Crippen molar-refractivity contribution in [2.75, 3.05) is 32.6 Å². The van der Waals surface area contributed by atoms with Crippen LogP contribution in [0.15, 0.2) is 85.1 Å². The summed E-state index contributed by atoms with van der Waals surface area (Å²) in [5, 5.41) is 15.8. The fourth-order valence-electron chi connectivity index (χ4n) is 5.83. The molecule has 0 saturated carbocycles. The Labute approximate surface area is 280 Å². The van der Waals surface area contributed by atoms with Crippen LogP contribution in [0.4, 0.5) is 19.3 Å². The summed E-state index contributed by atoms with van der Waals surface area (Å²) in [7, 11) is 3.29. The second kappa shape index (κ2) is 13.6. The molecule has 1 amide bonds. The van der Waals surface area contributed by atoms with Crippen molar-refractivity contribution < 1.29 is 27.8 Å². The molecule has 49 heavy (non-hydrogen) atoms. The highest BCUT2D eigenvalue weighted by molar-refractivity contribution is 5.92. The van der Waals surface area contributed by atoms with E-state index in [1.54, 1.807) is 20.3 Å². The van der Waals surface area contributed by atoms with Gasteiger partial charge in [0.25, 0.3) is 0 Å². The molecule has 11 nitrogen and oxygen atoms in total. The molecule has 7 rings (SSSR count). The molecule has 13 heteroatoms. The number of methoxy groups -OCH3 is 2. The number of fused-ring (bicyclic) bond motifs is 2. The van der Waals surface area contributed by atoms with Crippen LogP contribution in [0.25, 0.3) is 28.0 Å². The normalized spacial score (nSPS) is 12.8. The lowest BCUT2D eigenvalue weighted by Crippen LogP contribution is -2.32. The summed E-state index contributed by atoms with van der Waals surface area (Å²) in [5.74, 6) is -0.660. The average Bonchev–Trinajstić information content (AvgIpc) is 3.62. The molecule has 0 atom stereocenters. The standard InChI is InChI=1S/C36H31F2N7O4/c1-47-33-16-23-12-14-44(21-25(23)17-34(33)48-2)13-11-22-7-9-26(10-8-22)45-42-35(41-43-45)28-18-29(37)30(38)19-32(28)40-36(46)49-27-15-24-5-3-4-6-31(24)39-20-27/h3-10,15-20H,11-14,21H2,1-2H3,(H,40,46). The number of aromatic nitrogens is 5. The highest BCUT2D eigenvalue weighted by Gasteiger charge is 2.21. The van der Waals surface area contributed by atoms with Crippen molar-refractivity contribution >= 4 is 22.7 Å². The van der Waals surface area contributed by atoms with E-state index in [9.17, 15) is 13.6 Å². The molecule has 0 bridgehead atoms. The number of pyridine rings is 1. The van der Waals surface area contributed by atoms with Crippen molar-refractivity contribution in [2.45, 2.75) is 19.4 Å². The van der Waals surface area contributed by atoms with Crippen molar-refractivity contribution in [1.82, 2.24) is 30.1 Å². The van der Waals surface area contributed by atoms with Crippen LogP contribution in [0.3, 0.4) is 0 Å². The van der Waals surface area contributed by atoms with Crippen LogP contribution < -0.4 is 19.5 Å². The van der Waals surface area contributed by atoms with Gasteiger partial charge in [0.15, 0.2) is 28.9 Å². The smallest absolute Gasteiger partial charge is 0.417 e. The first-order valence-electron chi connectivity index (χ1n) is 15.6. The van der Waals surface area contributed by atoms with E-state index in [1.165, 1.54) is 22.1 Å². The maximum Gasteiger partial charge on any atom is 0.417 e. The molecule has 0 radical (unpaired) electrons. The molecule has 1 aliphatic rings. The van der Waals surface area contributed by atoms with Gasteiger partial charge in [-0.05, 0) is 77.2 Å². The number of benzene rings is 4. The van der Waals surface area contributed by atoms with Crippen LogP contribution in [0, 0.1) is 11.6 Å². The van der Waals surface area contributed by atoms with Gasteiger partial charge < -0.3 is 14.2 Å². The zero-order chi connectivity index (χ0) is 33.9. The number of anilines is 1. The van der Waals surface area contributed by atoms with Gasteiger partial charge in [0.1, 0.15) is 0 Å². The molecule has 1 N–H and O–H groups in total. The van der Waals surface area contributed by atoms with Gasteiger partial charge in [-0.3, -0.25) is 15.2 Å². The predicted octanol–water partition coefficient (Wildman–Crippen LogP) is 6.38. The molecule has 3 heterocycles. The highest BCUT2D eigenvalue weighted by atomic mass is 19.2. The van der Waals surface area contributed by atoms with E-state index in [1.807, 2.05) is 48.5 Å². The minimum absolute atomic E-state index is 0.0227. The fraction of sp³-hybridized carbons (Fsp3) is 0.194. The van der Waals surface area contributed by atoms with Crippen molar-refractivity contribution in [2.24, 2.45) is 0 Å². The topological polar surface area (TPSA) is 117 Å². The third-order valence-electron chi connectivity index (χ3n) is 8.41. The van der Waals surface area contributed by atoms with Gasteiger partial charge in [-0.1, -0.05) is 30.3 Å². The molecule has 0 saturated heterocycles. The Balaban J connectivity index is 1.01. The molecule has 248 valence electrons. The number of tetrazole rings is 1. The van der Waals surface area contributed by atoms with Crippen LogP contribution in [-0.2, 0) is 19.4 Å². The van der Waals surface area contributed by atoms with E-state index >= 15 is 0 Å². The Kier molecular flexibility index (Phi) is 8.81. The number of halogens is 2. The molecule has 0 spiro atoms. The zero-order valence-electron chi connectivity index (χ0n) is 26.7. The number of hydrogen-bond donors (Lipinski definition) is 1. The molecule has 1 aliphatic heterocycles. The summed E-state index contributed by atoms with van der Waals surface area (Å²) < 4.78 is 45.0. The number of hydrogen-bond acceptors (Lipinski definition) is 9. The Morgan fingerprint density at radius 2 is 1.67 bits per heavy atom. The lowest BCUT2D eigenvalue weighted by molar-refractivity contribution is 0.215. The van der Waals surface area contributed by atoms with Gasteiger partial charge in [-0.2, -0.15) is 0 Å². The number of nitrogens with zero attached hydrogens (tertiary/aromatic N) is 6. The Bertz CT molecular complexity index is 2160. The SMILES string of the molecule is COc1cc2c(cc1OC)CN(CCc1ccc(-n3nnc(-c4cc(F)c(F)cc4NC(=O)Oc4cnc5ccccc5c4)n3)cc1)CC2. The van der Waals surface area contributed by atoms with Gasteiger partial charge in [0, 0.05) is 36.7 Å². The lowest BCUT2D eigenvalue weighted by Gasteiger charge is -2.29. The molecule has 4 aromatic carbocycles. The van der Waals surface area contributed by atoms with Crippen molar-refractivity contribution in [1.29, 1.82) is 0 Å². The number of ether oxygens (including phenoxy) is 3. The molecule has 0 aliphatic carbocycles. The van der Waals surface area contributed by atoms with Crippen LogP contribution in [0.1, 0.15) is 16.7 Å². The number of carbonyl (C=O) groups is 1. The first kappa shape index (κ1) is 31.6. The first-order chi connectivity index (χ1) is 23.9. The Morgan fingerprint density at radius 1 is 0.918 bits per heavy atom. The second-order valence-electron chi connectivity index (χ2n) is 11.5. The largest absolute Gasteiger partial charge is 0.493 e. The van der Waals surface area contributed by atoms with E-state index in [0.717, 1.165) is 72.6 Å². The first-order valence-corrected chi connectivity index (χ1v) is 15.6. The third kappa shape index (κ3) is 6.87. The van der Waals surface area contributed by atoms with E-state index in [4.69, 9.17) is 14.2 Å². The number of rotatable bonds is 9. The number of amides is 1. The number of para-hydroxylation sites is 1. The molecular weight excluding hydrogens is 632 g/mol. The van der Waals surface area contributed by atoms with E-state index in [0.29, 0.717) is 5.69 Å². The van der Waals surface area contributed by atoms with Gasteiger partial charge >= 0.3 is 6.09 Å². The van der Waals surface area contributed by atoms with Crippen molar-refractivity contribution in [3.05, 3.63) is 113 Å². The fourth-order valence-corrected chi connectivity index (χ4v) is 5.83. The van der Waals surface area contributed by atoms with Gasteiger partial charge in [-0.15, -0.1) is 15.0 Å². The zero-order valence-corrected chi connectivity index (χ0v) is 26.7. The van der Waals surface area contributed by atoms with Crippen LogP contribution in [0.2, 0.25) is 0 Å². The van der Waals surface area contributed by atoms with Crippen LogP contribution in [0.5, 0.6) is 17.2 Å². The molecular formula is C36H31F2N7O4. The summed E-state index contributed by atoms with van der Waals surface area (Å²) in [5.41, 5.74) is 4.94. The number of carbonyl (C=O) groups excluding carboxylic acids is 1. The lowest BCUT2D eigenvalue weighted by atomic mass is 9.98. The molecule has 2 aromatic heterocycles. The van der Waals surface area contributed by atoms with Gasteiger partial charge in [-0.25, -0.2) is 13.6 Å². The summed E-state index contributed by atoms with van der Waals surface area (Å²) in [6, 6.07) is 22.6. The van der Waals surface area contributed by atoms with E-state index in [2.05, 4.69) is 42.7 Å².